The van der Waals surface area contributed by atoms with Gasteiger partial charge in [-0.1, -0.05) is 0 Å². The van der Waals surface area contributed by atoms with Gasteiger partial charge in [0.2, 0.25) is 6.79 Å². The van der Waals surface area contributed by atoms with Crippen LogP contribution in [0, 0.1) is 11.3 Å². The van der Waals surface area contributed by atoms with E-state index in [-0.39, 0.29) is 0 Å². The number of nitriles is 1. The van der Waals surface area contributed by atoms with Crippen molar-refractivity contribution >= 4 is 10.9 Å². The molecule has 0 unspecified atom stereocenters. The van der Waals surface area contributed by atoms with Gasteiger partial charge in [0.1, 0.15) is 0 Å². The van der Waals surface area contributed by atoms with Crippen LogP contribution >= 0.6 is 0 Å². The van der Waals surface area contributed by atoms with Gasteiger partial charge in [-0.15, -0.1) is 0 Å². The van der Waals surface area contributed by atoms with Crippen LogP contribution in [-0.4, -0.2) is 11.4 Å². The molecule has 17 heavy (non-hydrogen) atoms. The van der Waals surface area contributed by atoms with Gasteiger partial charge in [-0.3, -0.25) is 0 Å². The van der Waals surface area contributed by atoms with Gasteiger partial charge in [0.05, 0.1) is 11.6 Å². The molecule has 2 heterocycles. The van der Waals surface area contributed by atoms with E-state index in [2.05, 4.69) is 16.8 Å². The molecule has 0 atom stereocenters. The van der Waals surface area contributed by atoms with Crippen LogP contribution in [0.3, 0.4) is 0 Å². The Morgan fingerprint density at radius 1 is 1.35 bits per heavy atom. The fourth-order valence-corrected chi connectivity index (χ4v) is 2.24. The zero-order valence-corrected chi connectivity index (χ0v) is 9.56. The second kappa shape index (κ2) is 3.70. The number of aromatic nitrogens is 1. The Balaban J connectivity index is 2.16. The van der Waals surface area contributed by atoms with Gasteiger partial charge >= 0.3 is 0 Å². The summed E-state index contributed by atoms with van der Waals surface area (Å²) < 4.78 is 12.8. The number of aryl methyl sites for hydroxylation is 2. The molecule has 0 fully saturated rings. The molecule has 3 rings (SSSR count). The maximum absolute atomic E-state index is 8.66. The highest BCUT2D eigenvalue weighted by atomic mass is 16.7. The van der Waals surface area contributed by atoms with Gasteiger partial charge in [0.15, 0.2) is 11.5 Å². The minimum absolute atomic E-state index is 0.291. The van der Waals surface area contributed by atoms with E-state index in [1.807, 2.05) is 19.2 Å². The topological polar surface area (TPSA) is 47.2 Å². The van der Waals surface area contributed by atoms with Crippen molar-refractivity contribution in [1.29, 1.82) is 5.26 Å². The number of hydrogen-bond acceptors (Lipinski definition) is 3. The molecule has 0 amide bonds. The number of ether oxygens (including phenoxy) is 2. The first-order valence-electron chi connectivity index (χ1n) is 5.54. The lowest BCUT2D eigenvalue weighted by atomic mass is 10.1. The van der Waals surface area contributed by atoms with Gasteiger partial charge < -0.3 is 14.0 Å². The van der Waals surface area contributed by atoms with Crippen molar-refractivity contribution in [2.24, 2.45) is 7.05 Å². The number of rotatable bonds is 2. The fraction of sp³-hybridized carbons (Fsp3) is 0.308. The van der Waals surface area contributed by atoms with E-state index < -0.39 is 0 Å². The van der Waals surface area contributed by atoms with Crippen LogP contribution in [0.25, 0.3) is 10.9 Å². The molecule has 0 bridgehead atoms. The van der Waals surface area contributed by atoms with Crippen LogP contribution in [-0.2, 0) is 13.5 Å². The van der Waals surface area contributed by atoms with Gasteiger partial charge in [-0.25, -0.2) is 0 Å². The van der Waals surface area contributed by atoms with Gasteiger partial charge in [-0.05, 0) is 18.1 Å². The summed E-state index contributed by atoms with van der Waals surface area (Å²) in [6.07, 6.45) is 3.37. The minimum Gasteiger partial charge on any atom is -0.454 e. The molecule has 0 saturated heterocycles. The second-order valence-corrected chi connectivity index (χ2v) is 4.15. The molecule has 1 aliphatic heterocycles. The molecule has 0 aliphatic carbocycles. The van der Waals surface area contributed by atoms with Crippen molar-refractivity contribution in [2.45, 2.75) is 12.8 Å². The lowest BCUT2D eigenvalue weighted by Gasteiger charge is -1.99. The SMILES string of the molecule is Cn1cc(CCC#N)c2cc3c(cc21)OCO3. The Hall–Kier alpha value is -2.15. The molecule has 2 aromatic rings. The largest absolute Gasteiger partial charge is 0.454 e. The summed E-state index contributed by atoms with van der Waals surface area (Å²) in [5.41, 5.74) is 2.30. The summed E-state index contributed by atoms with van der Waals surface area (Å²) in [5.74, 6) is 1.59. The Morgan fingerprint density at radius 3 is 2.88 bits per heavy atom. The highest BCUT2D eigenvalue weighted by Gasteiger charge is 2.17. The van der Waals surface area contributed by atoms with Crippen LogP contribution in [0.2, 0.25) is 0 Å². The monoisotopic (exact) mass is 228 g/mol. The number of benzene rings is 1. The highest BCUT2D eigenvalue weighted by molar-refractivity contribution is 5.87. The molecule has 0 spiro atoms. The smallest absolute Gasteiger partial charge is 0.231 e. The van der Waals surface area contributed by atoms with Crippen molar-refractivity contribution in [1.82, 2.24) is 4.57 Å². The molecule has 86 valence electrons. The maximum atomic E-state index is 8.66. The van der Waals surface area contributed by atoms with E-state index in [1.54, 1.807) is 0 Å². The predicted molar refractivity (Wildman–Crippen MR) is 63.0 cm³/mol. The zero-order valence-electron chi connectivity index (χ0n) is 9.56. The number of nitrogens with zero attached hydrogens (tertiary/aromatic N) is 2. The Labute approximate surface area is 99.0 Å². The summed E-state index contributed by atoms with van der Waals surface area (Å²) in [7, 11) is 2.00. The third kappa shape index (κ3) is 1.51. The first-order valence-corrected chi connectivity index (χ1v) is 5.54. The molecule has 4 heteroatoms. The molecule has 0 saturated carbocycles. The fourth-order valence-electron chi connectivity index (χ4n) is 2.24. The first kappa shape index (κ1) is 10.0. The zero-order chi connectivity index (χ0) is 11.8. The maximum Gasteiger partial charge on any atom is 0.231 e. The van der Waals surface area contributed by atoms with Gasteiger partial charge in [0, 0.05) is 31.1 Å². The Morgan fingerprint density at radius 2 is 2.12 bits per heavy atom. The average molecular weight is 228 g/mol. The number of hydrogen-bond donors (Lipinski definition) is 0. The third-order valence-corrected chi connectivity index (χ3v) is 3.07. The highest BCUT2D eigenvalue weighted by Crippen LogP contribution is 2.37. The van der Waals surface area contributed by atoms with Crippen LogP contribution in [0.15, 0.2) is 18.3 Å². The van der Waals surface area contributed by atoms with Gasteiger partial charge in [0.25, 0.3) is 0 Å². The van der Waals surface area contributed by atoms with Crippen LogP contribution in [0.4, 0.5) is 0 Å². The van der Waals surface area contributed by atoms with E-state index in [0.29, 0.717) is 13.2 Å². The lowest BCUT2D eigenvalue weighted by Crippen LogP contribution is -1.93. The van der Waals surface area contributed by atoms with Crippen LogP contribution in [0.1, 0.15) is 12.0 Å². The summed E-state index contributed by atoms with van der Waals surface area (Å²) in [5, 5.41) is 9.81. The normalized spacial score (nSPS) is 12.9. The Kier molecular flexibility index (Phi) is 2.19. The van der Waals surface area contributed by atoms with Crippen molar-refractivity contribution in [3.05, 3.63) is 23.9 Å². The van der Waals surface area contributed by atoms with Crippen molar-refractivity contribution in [3.8, 4) is 17.6 Å². The summed E-state index contributed by atoms with van der Waals surface area (Å²) in [6, 6.07) is 6.18. The first-order chi connectivity index (χ1) is 8.29. The molecular weight excluding hydrogens is 216 g/mol. The van der Waals surface area contributed by atoms with Crippen molar-refractivity contribution < 1.29 is 9.47 Å². The summed E-state index contributed by atoms with van der Waals surface area (Å²) in [4.78, 5) is 0. The molecule has 4 nitrogen and oxygen atoms in total. The summed E-state index contributed by atoms with van der Waals surface area (Å²) in [6.45, 7) is 0.291. The standard InChI is InChI=1S/C13H12N2O2/c1-15-7-9(3-2-4-14)10-5-12-13(6-11(10)15)17-8-16-12/h5-7H,2-3,8H2,1H3. The lowest BCUT2D eigenvalue weighted by molar-refractivity contribution is 0.174. The van der Waals surface area contributed by atoms with Crippen LogP contribution in [0.5, 0.6) is 11.5 Å². The second-order valence-electron chi connectivity index (χ2n) is 4.15. The molecule has 1 aromatic heterocycles. The molecule has 1 aliphatic rings. The van der Waals surface area contributed by atoms with Crippen LogP contribution < -0.4 is 9.47 Å². The number of fused-ring (bicyclic) bond motifs is 2. The van der Waals surface area contributed by atoms with E-state index in [0.717, 1.165) is 28.8 Å². The third-order valence-electron chi connectivity index (χ3n) is 3.07. The molecule has 0 N–H and O–H groups in total. The van der Waals surface area contributed by atoms with E-state index in [4.69, 9.17) is 14.7 Å². The quantitative estimate of drug-likeness (QED) is 0.792. The van der Waals surface area contributed by atoms with Crippen molar-refractivity contribution in [2.75, 3.05) is 6.79 Å². The minimum atomic E-state index is 0.291. The molecule has 1 aromatic carbocycles. The predicted octanol–water partition coefficient (Wildman–Crippen LogP) is 2.36. The Bertz CT molecular complexity index is 622. The van der Waals surface area contributed by atoms with Crippen molar-refractivity contribution in [3.63, 3.8) is 0 Å². The average Bonchev–Trinajstić information content (AvgIpc) is 2.90. The molecule has 0 radical (unpaired) electrons. The van der Waals surface area contributed by atoms with E-state index in [1.165, 1.54) is 5.56 Å². The van der Waals surface area contributed by atoms with E-state index >= 15 is 0 Å². The molecular formula is C13H12N2O2. The van der Waals surface area contributed by atoms with E-state index in [9.17, 15) is 0 Å². The van der Waals surface area contributed by atoms with Gasteiger partial charge in [-0.2, -0.15) is 5.26 Å². The summed E-state index contributed by atoms with van der Waals surface area (Å²) >= 11 is 0.